The first-order valence-corrected chi connectivity index (χ1v) is 7.26. The molecule has 1 aromatic carbocycles. The molecule has 0 aliphatic heterocycles. The second kappa shape index (κ2) is 7.11. The first-order valence-electron chi connectivity index (χ1n) is 7.26. The van der Waals surface area contributed by atoms with Crippen molar-refractivity contribution in [3.63, 3.8) is 0 Å². The van der Waals surface area contributed by atoms with Gasteiger partial charge in [0.15, 0.2) is 6.61 Å². The first kappa shape index (κ1) is 15.4. The van der Waals surface area contributed by atoms with Gasteiger partial charge in [-0.3, -0.25) is 9.59 Å². The summed E-state index contributed by atoms with van der Waals surface area (Å²) in [5, 5.41) is 11.8. The minimum atomic E-state index is -0.734. The number of carboxylic acid groups (broad SMARTS) is 1. The number of hydrogen-bond donors (Lipinski definition) is 2. The van der Waals surface area contributed by atoms with Crippen molar-refractivity contribution in [1.82, 2.24) is 5.32 Å². The molecule has 5 nitrogen and oxygen atoms in total. The summed E-state index contributed by atoms with van der Waals surface area (Å²) in [4.78, 5) is 22.7. The van der Waals surface area contributed by atoms with Crippen LogP contribution in [0.15, 0.2) is 24.3 Å². The Labute approximate surface area is 124 Å². The molecule has 1 aliphatic rings. The molecule has 0 atom stereocenters. The highest BCUT2D eigenvalue weighted by Gasteiger charge is 2.26. The lowest BCUT2D eigenvalue weighted by molar-refractivity contribution is -0.142. The predicted molar refractivity (Wildman–Crippen MR) is 78.2 cm³/mol. The largest absolute Gasteiger partial charge is 0.484 e. The highest BCUT2D eigenvalue weighted by molar-refractivity contribution is 5.78. The molecule has 21 heavy (non-hydrogen) atoms. The maximum absolute atomic E-state index is 11.8. The Morgan fingerprint density at radius 3 is 2.38 bits per heavy atom. The van der Waals surface area contributed by atoms with Crippen LogP contribution in [0.2, 0.25) is 0 Å². The average molecular weight is 291 g/mol. The molecule has 0 heterocycles. The van der Waals surface area contributed by atoms with Crippen molar-refractivity contribution in [2.24, 2.45) is 5.92 Å². The van der Waals surface area contributed by atoms with Crippen LogP contribution in [0.4, 0.5) is 0 Å². The molecule has 1 fully saturated rings. The molecule has 5 heteroatoms. The monoisotopic (exact) mass is 291 g/mol. The van der Waals surface area contributed by atoms with Crippen LogP contribution in [0, 0.1) is 12.8 Å². The van der Waals surface area contributed by atoms with E-state index in [1.807, 2.05) is 31.2 Å². The van der Waals surface area contributed by atoms with Crippen LogP contribution in [-0.2, 0) is 9.59 Å². The maximum atomic E-state index is 11.8. The third-order valence-corrected chi connectivity index (χ3v) is 3.83. The SMILES string of the molecule is Cc1ccc(OCC(=O)NC2CCC(C(=O)O)CC2)cc1. The quantitative estimate of drug-likeness (QED) is 0.871. The second-order valence-electron chi connectivity index (χ2n) is 5.56. The van der Waals surface area contributed by atoms with Gasteiger partial charge in [-0.25, -0.2) is 0 Å². The summed E-state index contributed by atoms with van der Waals surface area (Å²) >= 11 is 0. The van der Waals surface area contributed by atoms with E-state index in [4.69, 9.17) is 9.84 Å². The van der Waals surface area contributed by atoms with Gasteiger partial charge in [0.2, 0.25) is 0 Å². The minimum Gasteiger partial charge on any atom is -0.484 e. The van der Waals surface area contributed by atoms with Crippen molar-refractivity contribution in [2.75, 3.05) is 6.61 Å². The average Bonchev–Trinajstić information content (AvgIpc) is 2.47. The van der Waals surface area contributed by atoms with Gasteiger partial charge >= 0.3 is 5.97 Å². The number of hydrogen-bond acceptors (Lipinski definition) is 3. The number of benzene rings is 1. The zero-order valence-corrected chi connectivity index (χ0v) is 12.2. The molecule has 1 saturated carbocycles. The molecule has 0 bridgehead atoms. The smallest absolute Gasteiger partial charge is 0.306 e. The van der Waals surface area contributed by atoms with E-state index in [9.17, 15) is 9.59 Å². The highest BCUT2D eigenvalue weighted by atomic mass is 16.5. The van der Waals surface area contributed by atoms with E-state index < -0.39 is 5.97 Å². The van der Waals surface area contributed by atoms with Gasteiger partial charge < -0.3 is 15.2 Å². The predicted octanol–water partition coefficient (Wildman–Crippen LogP) is 2.13. The van der Waals surface area contributed by atoms with Crippen LogP contribution in [0.3, 0.4) is 0 Å². The molecule has 1 aliphatic carbocycles. The Morgan fingerprint density at radius 2 is 1.81 bits per heavy atom. The summed E-state index contributed by atoms with van der Waals surface area (Å²) in [6.07, 6.45) is 2.68. The molecule has 0 saturated heterocycles. The third-order valence-electron chi connectivity index (χ3n) is 3.83. The summed E-state index contributed by atoms with van der Waals surface area (Å²) in [5.74, 6) is -0.482. The third kappa shape index (κ3) is 4.77. The molecular formula is C16H21NO4. The van der Waals surface area contributed by atoms with Crippen LogP contribution in [0.1, 0.15) is 31.2 Å². The van der Waals surface area contributed by atoms with Crippen molar-refractivity contribution in [3.8, 4) is 5.75 Å². The van der Waals surface area contributed by atoms with E-state index in [0.717, 1.165) is 5.56 Å². The molecule has 0 spiro atoms. The number of ether oxygens (including phenoxy) is 1. The Morgan fingerprint density at radius 1 is 1.19 bits per heavy atom. The molecule has 114 valence electrons. The molecule has 2 N–H and O–H groups in total. The van der Waals surface area contributed by atoms with Crippen molar-refractivity contribution in [2.45, 2.75) is 38.6 Å². The summed E-state index contributed by atoms with van der Waals surface area (Å²) in [6, 6.07) is 7.59. The Hall–Kier alpha value is -2.04. The van der Waals surface area contributed by atoms with Crippen molar-refractivity contribution in [1.29, 1.82) is 0 Å². The molecule has 0 aromatic heterocycles. The molecule has 0 radical (unpaired) electrons. The molecule has 1 amide bonds. The van der Waals surface area contributed by atoms with Crippen molar-refractivity contribution < 1.29 is 19.4 Å². The molecule has 2 rings (SSSR count). The second-order valence-corrected chi connectivity index (χ2v) is 5.56. The van der Waals surface area contributed by atoms with Gasteiger partial charge in [-0.15, -0.1) is 0 Å². The van der Waals surface area contributed by atoms with Gasteiger partial charge in [0.05, 0.1) is 5.92 Å². The number of nitrogens with one attached hydrogen (secondary N) is 1. The van der Waals surface area contributed by atoms with Crippen LogP contribution < -0.4 is 10.1 Å². The topological polar surface area (TPSA) is 75.6 Å². The van der Waals surface area contributed by atoms with Gasteiger partial charge in [0.1, 0.15) is 5.75 Å². The number of carboxylic acids is 1. The lowest BCUT2D eigenvalue weighted by atomic mass is 9.86. The standard InChI is InChI=1S/C16H21NO4/c1-11-2-8-14(9-3-11)21-10-15(18)17-13-6-4-12(5-7-13)16(19)20/h2-3,8-9,12-13H,4-7,10H2,1H3,(H,17,18)(H,19,20). The number of rotatable bonds is 5. The normalized spacial score (nSPS) is 21.6. The van der Waals surface area contributed by atoms with E-state index in [2.05, 4.69) is 5.32 Å². The minimum absolute atomic E-state index is 0.0120. The van der Waals surface area contributed by atoms with E-state index in [-0.39, 0.29) is 24.5 Å². The van der Waals surface area contributed by atoms with Crippen LogP contribution in [0.5, 0.6) is 5.75 Å². The number of amides is 1. The summed E-state index contributed by atoms with van der Waals surface area (Å²) in [5.41, 5.74) is 1.14. The fraction of sp³-hybridized carbons (Fsp3) is 0.500. The Balaban J connectivity index is 1.70. The van der Waals surface area contributed by atoms with Crippen LogP contribution in [0.25, 0.3) is 0 Å². The molecule has 1 aromatic rings. The van der Waals surface area contributed by atoms with E-state index in [0.29, 0.717) is 31.4 Å². The molecular weight excluding hydrogens is 270 g/mol. The van der Waals surface area contributed by atoms with E-state index in [1.54, 1.807) is 0 Å². The zero-order chi connectivity index (χ0) is 15.2. The number of carbonyl (C=O) groups excluding carboxylic acids is 1. The Kier molecular flexibility index (Phi) is 5.20. The van der Waals surface area contributed by atoms with Gasteiger partial charge in [-0.05, 0) is 44.7 Å². The van der Waals surface area contributed by atoms with Gasteiger partial charge in [0.25, 0.3) is 5.91 Å². The highest BCUT2D eigenvalue weighted by Crippen LogP contribution is 2.24. The van der Waals surface area contributed by atoms with E-state index in [1.165, 1.54) is 0 Å². The van der Waals surface area contributed by atoms with Crippen LogP contribution in [-0.4, -0.2) is 29.6 Å². The lowest BCUT2D eigenvalue weighted by Gasteiger charge is -2.26. The fourth-order valence-electron chi connectivity index (χ4n) is 2.54. The van der Waals surface area contributed by atoms with Crippen LogP contribution >= 0.6 is 0 Å². The Bertz CT molecular complexity index is 490. The van der Waals surface area contributed by atoms with Gasteiger partial charge in [-0.2, -0.15) is 0 Å². The summed E-state index contributed by atoms with van der Waals surface area (Å²) in [7, 11) is 0. The summed E-state index contributed by atoms with van der Waals surface area (Å²) in [6.45, 7) is 1.98. The van der Waals surface area contributed by atoms with Gasteiger partial charge in [0, 0.05) is 6.04 Å². The fourth-order valence-corrected chi connectivity index (χ4v) is 2.54. The number of aliphatic carboxylic acids is 1. The first-order chi connectivity index (χ1) is 10.0. The van der Waals surface area contributed by atoms with Crippen molar-refractivity contribution in [3.05, 3.63) is 29.8 Å². The van der Waals surface area contributed by atoms with Gasteiger partial charge in [-0.1, -0.05) is 17.7 Å². The molecule has 0 unspecified atom stereocenters. The number of carbonyl (C=O) groups is 2. The number of aryl methyl sites for hydroxylation is 1. The lowest BCUT2D eigenvalue weighted by Crippen LogP contribution is -2.40. The van der Waals surface area contributed by atoms with Crippen molar-refractivity contribution >= 4 is 11.9 Å². The maximum Gasteiger partial charge on any atom is 0.306 e. The zero-order valence-electron chi connectivity index (χ0n) is 12.2. The van der Waals surface area contributed by atoms with E-state index >= 15 is 0 Å². The summed E-state index contributed by atoms with van der Waals surface area (Å²) < 4.78 is 5.42.